The van der Waals surface area contributed by atoms with Crippen molar-refractivity contribution >= 4 is 16.0 Å². The van der Waals surface area contributed by atoms with Crippen molar-refractivity contribution in [2.24, 2.45) is 10.9 Å². The van der Waals surface area contributed by atoms with E-state index in [1.165, 1.54) is 5.56 Å². The number of rotatable bonds is 8. The van der Waals surface area contributed by atoms with Gasteiger partial charge in [0.25, 0.3) is 0 Å². The van der Waals surface area contributed by atoms with Crippen molar-refractivity contribution in [2.75, 3.05) is 32.4 Å². The molecule has 1 fully saturated rings. The highest BCUT2D eigenvalue weighted by Crippen LogP contribution is 2.20. The van der Waals surface area contributed by atoms with Gasteiger partial charge in [-0.2, -0.15) is 0 Å². The Balaban J connectivity index is 1.42. The average Bonchev–Trinajstić information content (AvgIpc) is 3.19. The highest BCUT2D eigenvalue weighted by atomic mass is 32.2. The quantitative estimate of drug-likeness (QED) is 0.513. The maximum Gasteiger partial charge on any atom is 0.213 e. The summed E-state index contributed by atoms with van der Waals surface area (Å²) < 4.78 is 27.1. The molecule has 1 unspecified atom stereocenters. The lowest BCUT2D eigenvalue weighted by Gasteiger charge is -2.21. The Morgan fingerprint density at radius 1 is 1.07 bits per heavy atom. The molecule has 0 saturated carbocycles. The third kappa shape index (κ3) is 6.87. The van der Waals surface area contributed by atoms with Crippen molar-refractivity contribution in [3.63, 3.8) is 0 Å². The Bertz CT molecular complexity index is 886. The third-order valence-corrected chi connectivity index (χ3v) is 6.48. The van der Waals surface area contributed by atoms with Gasteiger partial charge in [-0.1, -0.05) is 60.7 Å². The molecule has 2 aromatic rings. The molecule has 0 radical (unpaired) electrons. The van der Waals surface area contributed by atoms with Crippen LogP contribution < -0.4 is 10.0 Å². The van der Waals surface area contributed by atoms with Crippen molar-refractivity contribution in [2.45, 2.75) is 19.4 Å². The molecule has 0 aromatic heterocycles. The van der Waals surface area contributed by atoms with Crippen molar-refractivity contribution in [1.82, 2.24) is 14.9 Å². The van der Waals surface area contributed by atoms with Crippen molar-refractivity contribution in [3.8, 4) is 0 Å². The number of nitrogens with one attached hydrogen (secondary N) is 2. The molecule has 0 amide bonds. The van der Waals surface area contributed by atoms with Gasteiger partial charge in [-0.25, -0.2) is 13.1 Å². The summed E-state index contributed by atoms with van der Waals surface area (Å²) >= 11 is 0. The average molecular weight is 415 g/mol. The van der Waals surface area contributed by atoms with E-state index in [1.54, 1.807) is 7.05 Å². The summed E-state index contributed by atoms with van der Waals surface area (Å²) in [5.41, 5.74) is 2.30. The van der Waals surface area contributed by atoms with Gasteiger partial charge in [0, 0.05) is 33.2 Å². The fourth-order valence-corrected chi connectivity index (χ4v) is 4.53. The molecule has 3 rings (SSSR count). The Labute approximate surface area is 174 Å². The molecule has 1 aliphatic rings. The first kappa shape index (κ1) is 21.3. The summed E-state index contributed by atoms with van der Waals surface area (Å²) in [6.45, 7) is 2.52. The van der Waals surface area contributed by atoms with Crippen LogP contribution in [0.15, 0.2) is 65.7 Å². The molecule has 29 heavy (non-hydrogen) atoms. The standard InChI is InChI=1S/C22H30N4O2S/c1-23-22(26-14-12-21(18-26)16-19-8-4-2-5-9-19)24-13-15-29(27,28)25-17-20-10-6-3-7-11-20/h2-11,21,25H,12-18H2,1H3,(H,23,24). The molecular weight excluding hydrogens is 384 g/mol. The smallest absolute Gasteiger partial charge is 0.213 e. The molecule has 1 aliphatic heterocycles. The first-order valence-corrected chi connectivity index (χ1v) is 11.7. The Morgan fingerprint density at radius 3 is 2.38 bits per heavy atom. The minimum absolute atomic E-state index is 0.0140. The molecule has 1 atom stereocenters. The van der Waals surface area contributed by atoms with Gasteiger partial charge < -0.3 is 10.2 Å². The molecule has 6 nitrogen and oxygen atoms in total. The van der Waals surface area contributed by atoms with Crippen LogP contribution in [-0.4, -0.2) is 51.7 Å². The van der Waals surface area contributed by atoms with Crippen LogP contribution in [0.5, 0.6) is 0 Å². The fraction of sp³-hybridized carbons (Fsp3) is 0.409. The summed E-state index contributed by atoms with van der Waals surface area (Å²) in [5.74, 6) is 1.38. The number of hydrogen-bond acceptors (Lipinski definition) is 3. The molecule has 2 N–H and O–H groups in total. The Hall–Kier alpha value is -2.38. The van der Waals surface area contributed by atoms with E-state index in [-0.39, 0.29) is 5.75 Å². The Morgan fingerprint density at radius 2 is 1.72 bits per heavy atom. The maximum atomic E-state index is 12.2. The van der Waals surface area contributed by atoms with E-state index in [4.69, 9.17) is 0 Å². The zero-order valence-electron chi connectivity index (χ0n) is 16.9. The summed E-state index contributed by atoms with van der Waals surface area (Å²) in [6.07, 6.45) is 2.18. The van der Waals surface area contributed by atoms with Crippen LogP contribution in [0.3, 0.4) is 0 Å². The number of benzene rings is 2. The molecule has 156 valence electrons. The molecule has 2 aromatic carbocycles. The first-order valence-electron chi connectivity index (χ1n) is 10.1. The zero-order chi connectivity index (χ0) is 20.5. The van der Waals surface area contributed by atoms with Crippen molar-refractivity contribution in [1.29, 1.82) is 0 Å². The summed E-state index contributed by atoms with van der Waals surface area (Å²) in [6, 6.07) is 20.1. The van der Waals surface area contributed by atoms with E-state index >= 15 is 0 Å². The third-order valence-electron chi connectivity index (χ3n) is 5.16. The van der Waals surface area contributed by atoms with Gasteiger partial charge in [-0.05, 0) is 29.9 Å². The normalized spacial score (nSPS) is 17.5. The topological polar surface area (TPSA) is 73.8 Å². The second-order valence-corrected chi connectivity index (χ2v) is 9.32. The number of guanidine groups is 1. The van der Waals surface area contributed by atoms with E-state index in [9.17, 15) is 8.42 Å². The van der Waals surface area contributed by atoms with Gasteiger partial charge in [0.1, 0.15) is 0 Å². The number of sulfonamides is 1. The van der Waals surface area contributed by atoms with E-state index in [0.29, 0.717) is 19.0 Å². The molecule has 1 saturated heterocycles. The monoisotopic (exact) mass is 414 g/mol. The summed E-state index contributed by atoms with van der Waals surface area (Å²) in [4.78, 5) is 6.56. The summed E-state index contributed by atoms with van der Waals surface area (Å²) in [5, 5.41) is 3.21. The van der Waals surface area contributed by atoms with Crippen LogP contribution in [0.25, 0.3) is 0 Å². The van der Waals surface area contributed by atoms with E-state index in [2.05, 4.69) is 44.2 Å². The molecule has 1 heterocycles. The van der Waals surface area contributed by atoms with E-state index < -0.39 is 10.0 Å². The molecule has 7 heteroatoms. The lowest BCUT2D eigenvalue weighted by Crippen LogP contribution is -2.43. The van der Waals surface area contributed by atoms with E-state index in [0.717, 1.165) is 37.5 Å². The molecule has 0 bridgehead atoms. The van der Waals surface area contributed by atoms with Crippen LogP contribution in [-0.2, 0) is 23.0 Å². The number of hydrogen-bond donors (Lipinski definition) is 2. The second kappa shape index (κ2) is 10.4. The second-order valence-electron chi connectivity index (χ2n) is 7.39. The molecule has 0 aliphatic carbocycles. The van der Waals surface area contributed by atoms with Gasteiger partial charge >= 0.3 is 0 Å². The maximum absolute atomic E-state index is 12.2. The summed E-state index contributed by atoms with van der Waals surface area (Å²) in [7, 11) is -1.60. The number of likely N-dealkylation sites (tertiary alicyclic amines) is 1. The van der Waals surface area contributed by atoms with E-state index in [1.807, 2.05) is 36.4 Å². The number of nitrogens with zero attached hydrogens (tertiary/aromatic N) is 2. The lowest BCUT2D eigenvalue weighted by atomic mass is 9.99. The minimum atomic E-state index is -3.34. The number of aliphatic imine (C=N–C) groups is 1. The van der Waals surface area contributed by atoms with Gasteiger partial charge in [0.2, 0.25) is 10.0 Å². The van der Waals surface area contributed by atoms with Crippen molar-refractivity contribution in [3.05, 3.63) is 71.8 Å². The van der Waals surface area contributed by atoms with Crippen LogP contribution in [0.2, 0.25) is 0 Å². The van der Waals surface area contributed by atoms with Crippen LogP contribution in [0, 0.1) is 5.92 Å². The lowest BCUT2D eigenvalue weighted by molar-refractivity contribution is 0.461. The highest BCUT2D eigenvalue weighted by Gasteiger charge is 2.25. The molecule has 0 spiro atoms. The van der Waals surface area contributed by atoms with Crippen molar-refractivity contribution < 1.29 is 8.42 Å². The molecular formula is C22H30N4O2S. The SMILES string of the molecule is CN=C(NCCS(=O)(=O)NCc1ccccc1)N1CCC(Cc2ccccc2)C1. The van der Waals surface area contributed by atoms with Gasteiger partial charge in [0.05, 0.1) is 5.75 Å². The highest BCUT2D eigenvalue weighted by molar-refractivity contribution is 7.89. The van der Waals surface area contributed by atoms with Gasteiger partial charge in [-0.15, -0.1) is 0 Å². The Kier molecular flexibility index (Phi) is 7.66. The first-order chi connectivity index (χ1) is 14.1. The largest absolute Gasteiger partial charge is 0.355 e. The predicted molar refractivity (Wildman–Crippen MR) is 118 cm³/mol. The van der Waals surface area contributed by atoms with Gasteiger partial charge in [0.15, 0.2) is 5.96 Å². The van der Waals surface area contributed by atoms with Crippen LogP contribution in [0.1, 0.15) is 17.5 Å². The van der Waals surface area contributed by atoms with Crippen LogP contribution in [0.4, 0.5) is 0 Å². The van der Waals surface area contributed by atoms with Gasteiger partial charge in [-0.3, -0.25) is 4.99 Å². The zero-order valence-corrected chi connectivity index (χ0v) is 17.7. The van der Waals surface area contributed by atoms with Crippen LogP contribution >= 0.6 is 0 Å². The minimum Gasteiger partial charge on any atom is -0.355 e. The predicted octanol–water partition coefficient (Wildman–Crippen LogP) is 2.25. The fourth-order valence-electron chi connectivity index (χ4n) is 3.63.